The van der Waals surface area contributed by atoms with Gasteiger partial charge in [0.05, 0.1) is 0 Å². The lowest BCUT2D eigenvalue weighted by molar-refractivity contribution is 0.418. The minimum Gasteiger partial charge on any atom is -0.315 e. The fourth-order valence-electron chi connectivity index (χ4n) is 1.75. The van der Waals surface area contributed by atoms with Crippen molar-refractivity contribution in [1.82, 2.24) is 10.3 Å². The fraction of sp³-hybridized carbons (Fsp3) is 0.750. The average Bonchev–Trinajstić information content (AvgIpc) is 2.69. The van der Waals surface area contributed by atoms with Crippen molar-refractivity contribution in [2.24, 2.45) is 5.92 Å². The van der Waals surface area contributed by atoms with Crippen LogP contribution in [0.2, 0.25) is 0 Å². The number of unbranched alkanes of at least 4 members (excludes halogenated alkanes) is 1. The Morgan fingerprint density at radius 1 is 1.50 bits per heavy atom. The highest BCUT2D eigenvalue weighted by Gasteiger charge is 2.05. The van der Waals surface area contributed by atoms with Crippen molar-refractivity contribution >= 4 is 11.3 Å². The third-order valence-corrected chi connectivity index (χ3v) is 3.58. The number of hydrogen-bond acceptors (Lipinski definition) is 3. The van der Waals surface area contributed by atoms with Crippen molar-refractivity contribution in [2.75, 3.05) is 6.54 Å². The maximum Gasteiger partial charge on any atom is 0.304 e. The van der Waals surface area contributed by atoms with Crippen molar-refractivity contribution in [3.05, 3.63) is 20.7 Å². The molecule has 0 aliphatic heterocycles. The van der Waals surface area contributed by atoms with E-state index in [9.17, 15) is 4.79 Å². The third kappa shape index (κ3) is 4.94. The monoisotopic (exact) mass is 242 g/mol. The first-order valence-electron chi connectivity index (χ1n) is 6.13. The molecule has 16 heavy (non-hydrogen) atoms. The lowest BCUT2D eigenvalue weighted by atomic mass is 9.99. The van der Waals surface area contributed by atoms with Crippen LogP contribution in [-0.2, 0) is 6.54 Å². The van der Waals surface area contributed by atoms with Crippen LogP contribution in [0.4, 0.5) is 0 Å². The smallest absolute Gasteiger partial charge is 0.304 e. The van der Waals surface area contributed by atoms with Crippen molar-refractivity contribution in [3.63, 3.8) is 0 Å². The van der Waals surface area contributed by atoms with E-state index < -0.39 is 0 Å². The van der Waals surface area contributed by atoms with Gasteiger partial charge < -0.3 is 10.3 Å². The maximum absolute atomic E-state index is 10.9. The summed E-state index contributed by atoms with van der Waals surface area (Å²) in [7, 11) is 0. The first kappa shape index (κ1) is 13.5. The number of hydrogen-bond donors (Lipinski definition) is 2. The van der Waals surface area contributed by atoms with Gasteiger partial charge in [-0.1, -0.05) is 44.4 Å². The zero-order valence-electron chi connectivity index (χ0n) is 10.2. The Bertz CT molecular complexity index is 332. The average molecular weight is 242 g/mol. The van der Waals surface area contributed by atoms with Crippen molar-refractivity contribution in [3.8, 4) is 0 Å². The summed E-state index contributed by atoms with van der Waals surface area (Å²) in [5, 5.41) is 5.30. The van der Waals surface area contributed by atoms with Gasteiger partial charge in [0.2, 0.25) is 0 Å². The van der Waals surface area contributed by atoms with Gasteiger partial charge in [-0.25, -0.2) is 0 Å². The molecule has 0 aromatic carbocycles. The second-order valence-corrected chi connectivity index (χ2v) is 5.06. The van der Waals surface area contributed by atoms with Gasteiger partial charge in [0.25, 0.3) is 0 Å². The van der Waals surface area contributed by atoms with Crippen LogP contribution in [0.3, 0.4) is 0 Å². The SMILES string of the molecule is CCCCC(CC)CNCc1csc(=O)[nH]1. The van der Waals surface area contributed by atoms with E-state index in [2.05, 4.69) is 24.1 Å². The summed E-state index contributed by atoms with van der Waals surface area (Å²) in [5.74, 6) is 0.769. The number of nitrogens with one attached hydrogen (secondary N) is 2. The van der Waals surface area contributed by atoms with E-state index in [4.69, 9.17) is 0 Å². The predicted molar refractivity (Wildman–Crippen MR) is 70.0 cm³/mol. The zero-order chi connectivity index (χ0) is 11.8. The molecule has 4 heteroatoms. The van der Waals surface area contributed by atoms with Gasteiger partial charge in [-0.05, 0) is 18.9 Å². The largest absolute Gasteiger partial charge is 0.315 e. The molecule has 0 saturated carbocycles. The van der Waals surface area contributed by atoms with E-state index in [1.807, 2.05) is 5.38 Å². The maximum atomic E-state index is 10.9. The van der Waals surface area contributed by atoms with Crippen LogP contribution in [-0.4, -0.2) is 11.5 Å². The summed E-state index contributed by atoms with van der Waals surface area (Å²) in [6.07, 6.45) is 5.12. The number of H-pyrrole nitrogens is 1. The van der Waals surface area contributed by atoms with Crippen molar-refractivity contribution in [2.45, 2.75) is 46.1 Å². The van der Waals surface area contributed by atoms with Gasteiger partial charge in [-0.2, -0.15) is 0 Å². The van der Waals surface area contributed by atoms with Crippen LogP contribution < -0.4 is 10.2 Å². The number of aromatic nitrogens is 1. The summed E-state index contributed by atoms with van der Waals surface area (Å²) in [5.41, 5.74) is 1.00. The lowest BCUT2D eigenvalue weighted by Crippen LogP contribution is -2.22. The second kappa shape index (κ2) is 7.63. The molecule has 2 N–H and O–H groups in total. The van der Waals surface area contributed by atoms with E-state index in [1.54, 1.807) is 0 Å². The molecule has 1 rings (SSSR count). The quantitative estimate of drug-likeness (QED) is 0.736. The van der Waals surface area contributed by atoms with Crippen LogP contribution in [0.1, 0.15) is 45.2 Å². The van der Waals surface area contributed by atoms with Gasteiger partial charge in [-0.15, -0.1) is 0 Å². The number of rotatable bonds is 8. The molecule has 1 atom stereocenters. The summed E-state index contributed by atoms with van der Waals surface area (Å²) in [4.78, 5) is 13.8. The minimum atomic E-state index is 0.0369. The highest BCUT2D eigenvalue weighted by Crippen LogP contribution is 2.11. The Hall–Kier alpha value is -0.610. The molecule has 0 aliphatic rings. The summed E-state index contributed by atoms with van der Waals surface area (Å²) >= 11 is 1.23. The molecule has 0 saturated heterocycles. The third-order valence-electron chi connectivity index (χ3n) is 2.86. The summed E-state index contributed by atoms with van der Waals surface area (Å²) < 4.78 is 0. The standard InChI is InChI=1S/C12H22N2OS/c1-3-5-6-10(4-2)7-13-8-11-9-16-12(15)14-11/h9-10,13H,3-8H2,1-2H3,(H,14,15). The van der Waals surface area contributed by atoms with Crippen LogP contribution in [0.15, 0.2) is 10.2 Å². The Morgan fingerprint density at radius 3 is 2.88 bits per heavy atom. The number of aromatic amines is 1. The minimum absolute atomic E-state index is 0.0369. The molecule has 0 radical (unpaired) electrons. The van der Waals surface area contributed by atoms with Gasteiger partial charge in [0.1, 0.15) is 0 Å². The molecule has 0 spiro atoms. The van der Waals surface area contributed by atoms with E-state index in [0.717, 1.165) is 24.7 Å². The highest BCUT2D eigenvalue weighted by molar-refractivity contribution is 7.07. The van der Waals surface area contributed by atoms with E-state index in [1.165, 1.54) is 37.0 Å². The van der Waals surface area contributed by atoms with Crippen LogP contribution in [0.5, 0.6) is 0 Å². The van der Waals surface area contributed by atoms with Crippen molar-refractivity contribution in [1.29, 1.82) is 0 Å². The zero-order valence-corrected chi connectivity index (χ0v) is 11.0. The van der Waals surface area contributed by atoms with Gasteiger partial charge in [0.15, 0.2) is 0 Å². The highest BCUT2D eigenvalue weighted by atomic mass is 32.1. The molecule has 1 aromatic rings. The normalized spacial score (nSPS) is 12.9. The summed E-state index contributed by atoms with van der Waals surface area (Å²) in [6.45, 7) is 6.31. The van der Waals surface area contributed by atoms with Gasteiger partial charge in [-0.3, -0.25) is 4.79 Å². The molecular weight excluding hydrogens is 220 g/mol. The first-order chi connectivity index (χ1) is 7.76. The molecule has 0 fully saturated rings. The fourth-order valence-corrected chi connectivity index (χ4v) is 2.34. The molecule has 1 heterocycles. The van der Waals surface area contributed by atoms with Crippen LogP contribution >= 0.6 is 11.3 Å². The molecule has 3 nitrogen and oxygen atoms in total. The van der Waals surface area contributed by atoms with Gasteiger partial charge in [0, 0.05) is 17.6 Å². The first-order valence-corrected chi connectivity index (χ1v) is 7.01. The molecule has 0 amide bonds. The number of thiazole rings is 1. The van der Waals surface area contributed by atoms with Crippen molar-refractivity contribution < 1.29 is 0 Å². The molecule has 92 valence electrons. The molecule has 1 aromatic heterocycles. The Balaban J connectivity index is 2.20. The van der Waals surface area contributed by atoms with E-state index in [-0.39, 0.29) is 4.87 Å². The Labute approximate surface area is 101 Å². The molecule has 1 unspecified atom stereocenters. The van der Waals surface area contributed by atoms with Crippen LogP contribution in [0.25, 0.3) is 0 Å². The molecule has 0 aliphatic carbocycles. The Morgan fingerprint density at radius 2 is 2.31 bits per heavy atom. The van der Waals surface area contributed by atoms with E-state index in [0.29, 0.717) is 0 Å². The van der Waals surface area contributed by atoms with Crippen LogP contribution in [0, 0.1) is 5.92 Å². The lowest BCUT2D eigenvalue weighted by Gasteiger charge is -2.14. The molecule has 0 bridgehead atoms. The molecular formula is C12H22N2OS. The summed E-state index contributed by atoms with van der Waals surface area (Å²) in [6, 6.07) is 0. The van der Waals surface area contributed by atoms with E-state index >= 15 is 0 Å². The Kier molecular flexibility index (Phi) is 6.42. The predicted octanol–water partition coefficient (Wildman–Crippen LogP) is 2.74. The topological polar surface area (TPSA) is 44.9 Å². The van der Waals surface area contributed by atoms with Gasteiger partial charge >= 0.3 is 4.87 Å². The second-order valence-electron chi connectivity index (χ2n) is 4.22.